The Balaban J connectivity index is 1.76. The lowest BCUT2D eigenvalue weighted by atomic mass is 10.0. The summed E-state index contributed by atoms with van der Waals surface area (Å²) in [5.41, 5.74) is 3.53. The Kier molecular flexibility index (Phi) is 7.06. The van der Waals surface area contributed by atoms with Gasteiger partial charge in [-0.25, -0.2) is 9.37 Å². The predicted molar refractivity (Wildman–Crippen MR) is 139 cm³/mol. The number of aromatic nitrogens is 4. The molecule has 0 aliphatic heterocycles. The molecule has 0 radical (unpaired) electrons. The van der Waals surface area contributed by atoms with Crippen LogP contribution in [0.3, 0.4) is 0 Å². The Labute approximate surface area is 216 Å². The van der Waals surface area contributed by atoms with Crippen molar-refractivity contribution in [2.24, 2.45) is 0 Å². The Morgan fingerprint density at radius 1 is 1.11 bits per heavy atom. The highest BCUT2D eigenvalue weighted by molar-refractivity contribution is 9.10. The highest BCUT2D eigenvalue weighted by atomic mass is 79.9. The van der Waals surface area contributed by atoms with Gasteiger partial charge in [0.25, 0.3) is 5.56 Å². The van der Waals surface area contributed by atoms with Gasteiger partial charge in [-0.3, -0.25) is 19.3 Å². The van der Waals surface area contributed by atoms with Crippen LogP contribution in [0.15, 0.2) is 58.2 Å². The van der Waals surface area contributed by atoms with Crippen LogP contribution in [0.5, 0.6) is 5.75 Å². The van der Waals surface area contributed by atoms with Gasteiger partial charge in [-0.15, -0.1) is 0 Å². The Morgan fingerprint density at radius 3 is 2.56 bits per heavy atom. The molecule has 0 fully saturated rings. The summed E-state index contributed by atoms with van der Waals surface area (Å²) >= 11 is 3.36. The number of aryl methyl sites for hydroxylation is 3. The quantitative estimate of drug-likeness (QED) is 0.348. The van der Waals surface area contributed by atoms with E-state index in [0.29, 0.717) is 34.2 Å². The van der Waals surface area contributed by atoms with Crippen molar-refractivity contribution in [2.45, 2.75) is 46.8 Å². The maximum absolute atomic E-state index is 14.0. The topological polar surface area (TPSA) is 90.1 Å². The van der Waals surface area contributed by atoms with Gasteiger partial charge in [0.1, 0.15) is 28.2 Å². The zero-order valence-corrected chi connectivity index (χ0v) is 22.2. The third kappa shape index (κ3) is 5.08. The van der Waals surface area contributed by atoms with E-state index in [0.717, 1.165) is 11.1 Å². The number of hydrogen-bond donors (Lipinski definition) is 1. The minimum Gasteiger partial charge on any atom is -0.487 e. The minimum atomic E-state index is -1.11. The van der Waals surface area contributed by atoms with Crippen LogP contribution < -0.4 is 10.3 Å². The van der Waals surface area contributed by atoms with E-state index in [1.165, 1.54) is 18.5 Å². The first-order valence-electron chi connectivity index (χ1n) is 11.3. The zero-order valence-electron chi connectivity index (χ0n) is 20.6. The normalized spacial score (nSPS) is 11.6. The zero-order chi connectivity index (χ0) is 26.2. The Hall–Kier alpha value is -3.43. The average Bonchev–Trinajstić information content (AvgIpc) is 2.82. The van der Waals surface area contributed by atoms with E-state index in [1.54, 1.807) is 43.7 Å². The summed E-state index contributed by atoms with van der Waals surface area (Å²) in [6.45, 7) is 8.87. The standard InChI is InChI=1S/C27H26BrFN4O3/c1-15-6-7-23(27(4,5)35)32-25(15)20-11-21(16(2)12-31-20)33-17(3)10-22(24(28)26(33)34)36-14-18-13-30-9-8-19(18)29/h6-13,35H,14H2,1-5H3. The molecule has 4 aromatic heterocycles. The number of hydrogen-bond acceptors (Lipinski definition) is 6. The van der Waals surface area contributed by atoms with Gasteiger partial charge in [0.05, 0.1) is 22.8 Å². The molecule has 4 heterocycles. The molecule has 0 aromatic carbocycles. The largest absolute Gasteiger partial charge is 0.487 e. The molecule has 0 spiro atoms. The van der Waals surface area contributed by atoms with Crippen LogP contribution in [-0.2, 0) is 12.2 Å². The van der Waals surface area contributed by atoms with Gasteiger partial charge in [0.2, 0.25) is 0 Å². The lowest BCUT2D eigenvalue weighted by molar-refractivity contribution is 0.0739. The van der Waals surface area contributed by atoms with Crippen molar-refractivity contribution in [2.75, 3.05) is 0 Å². The van der Waals surface area contributed by atoms with Crippen LogP contribution in [-0.4, -0.2) is 24.6 Å². The third-order valence-corrected chi connectivity index (χ3v) is 6.54. The molecule has 0 amide bonds. The molecule has 1 N–H and O–H groups in total. The summed E-state index contributed by atoms with van der Waals surface area (Å²) in [6, 6.07) is 8.47. The van der Waals surface area contributed by atoms with Gasteiger partial charge in [-0.1, -0.05) is 6.07 Å². The second-order valence-corrected chi connectivity index (χ2v) is 9.93. The first-order chi connectivity index (χ1) is 17.0. The van der Waals surface area contributed by atoms with Crippen molar-refractivity contribution < 1.29 is 14.2 Å². The first-order valence-corrected chi connectivity index (χ1v) is 12.1. The predicted octanol–water partition coefficient (Wildman–Crippen LogP) is 5.32. The lowest BCUT2D eigenvalue weighted by Crippen LogP contribution is -2.23. The second-order valence-electron chi connectivity index (χ2n) is 9.14. The molecule has 4 aromatic rings. The Bertz CT molecular complexity index is 1510. The van der Waals surface area contributed by atoms with Crippen molar-refractivity contribution in [3.8, 4) is 22.8 Å². The summed E-state index contributed by atoms with van der Waals surface area (Å²) in [6.07, 6.45) is 4.45. The van der Waals surface area contributed by atoms with Gasteiger partial charge < -0.3 is 9.84 Å². The van der Waals surface area contributed by atoms with Crippen LogP contribution in [0, 0.1) is 26.6 Å². The van der Waals surface area contributed by atoms with Gasteiger partial charge in [-0.2, -0.15) is 0 Å². The fourth-order valence-corrected chi connectivity index (χ4v) is 4.18. The fraction of sp³-hybridized carbons (Fsp3) is 0.259. The van der Waals surface area contributed by atoms with Crippen molar-refractivity contribution in [3.63, 3.8) is 0 Å². The average molecular weight is 553 g/mol. The van der Waals surface area contributed by atoms with Crippen molar-refractivity contribution >= 4 is 15.9 Å². The van der Waals surface area contributed by atoms with Crippen LogP contribution in [0.25, 0.3) is 17.1 Å². The third-order valence-electron chi connectivity index (χ3n) is 5.81. The highest BCUT2D eigenvalue weighted by Crippen LogP contribution is 2.29. The summed E-state index contributed by atoms with van der Waals surface area (Å²) in [5, 5.41) is 10.4. The van der Waals surface area contributed by atoms with E-state index in [2.05, 4.69) is 30.9 Å². The van der Waals surface area contributed by atoms with E-state index in [9.17, 15) is 14.3 Å². The maximum atomic E-state index is 14.0. The van der Waals surface area contributed by atoms with Crippen LogP contribution in [0.4, 0.5) is 4.39 Å². The van der Waals surface area contributed by atoms with Crippen molar-refractivity contribution in [1.29, 1.82) is 0 Å². The molecule has 7 nitrogen and oxygen atoms in total. The molecule has 0 unspecified atom stereocenters. The summed E-state index contributed by atoms with van der Waals surface area (Å²) in [4.78, 5) is 26.5. The van der Waals surface area contributed by atoms with Crippen LogP contribution in [0.2, 0.25) is 0 Å². The molecule has 0 aliphatic carbocycles. The minimum absolute atomic E-state index is 0.0674. The summed E-state index contributed by atoms with van der Waals surface area (Å²) in [7, 11) is 0. The number of ether oxygens (including phenoxy) is 1. The summed E-state index contributed by atoms with van der Waals surface area (Å²) in [5.74, 6) is -0.122. The van der Waals surface area contributed by atoms with E-state index >= 15 is 0 Å². The van der Waals surface area contributed by atoms with E-state index < -0.39 is 11.4 Å². The highest BCUT2D eigenvalue weighted by Gasteiger charge is 2.21. The molecule has 0 saturated heterocycles. The molecule has 0 atom stereocenters. The molecule has 0 saturated carbocycles. The van der Waals surface area contributed by atoms with Crippen molar-refractivity contribution in [1.82, 2.24) is 19.5 Å². The maximum Gasteiger partial charge on any atom is 0.273 e. The molecule has 186 valence electrons. The monoisotopic (exact) mass is 552 g/mol. The molecule has 0 aliphatic rings. The molecule has 36 heavy (non-hydrogen) atoms. The molecule has 4 rings (SSSR count). The number of pyridine rings is 4. The number of halogens is 2. The second kappa shape index (κ2) is 9.91. The van der Waals surface area contributed by atoms with Gasteiger partial charge in [-0.05, 0) is 79.9 Å². The van der Waals surface area contributed by atoms with Crippen molar-refractivity contribution in [3.05, 3.63) is 97.6 Å². The van der Waals surface area contributed by atoms with E-state index in [-0.39, 0.29) is 22.2 Å². The molecular weight excluding hydrogens is 527 g/mol. The lowest BCUT2D eigenvalue weighted by Gasteiger charge is -2.19. The van der Waals surface area contributed by atoms with Gasteiger partial charge >= 0.3 is 0 Å². The smallest absolute Gasteiger partial charge is 0.273 e. The Morgan fingerprint density at radius 2 is 1.86 bits per heavy atom. The summed E-state index contributed by atoms with van der Waals surface area (Å²) < 4.78 is 21.5. The fourth-order valence-electron chi connectivity index (χ4n) is 3.77. The van der Waals surface area contributed by atoms with Gasteiger partial charge in [0.15, 0.2) is 0 Å². The number of rotatable bonds is 6. The molecule has 0 bridgehead atoms. The number of aliphatic hydroxyl groups is 1. The number of nitrogens with zero attached hydrogens (tertiary/aromatic N) is 4. The van der Waals surface area contributed by atoms with Gasteiger partial charge in [0, 0.05) is 35.9 Å². The first kappa shape index (κ1) is 25.7. The molecule has 9 heteroatoms. The van der Waals surface area contributed by atoms with Crippen LogP contribution in [0.1, 0.15) is 41.9 Å². The van der Waals surface area contributed by atoms with E-state index in [4.69, 9.17) is 4.74 Å². The molecular formula is C27H26BrFN4O3. The van der Waals surface area contributed by atoms with E-state index in [1.807, 2.05) is 26.0 Å². The van der Waals surface area contributed by atoms with Crippen LogP contribution >= 0.6 is 15.9 Å². The SMILES string of the molecule is Cc1cnc(-c2nc(C(C)(C)O)ccc2C)cc1-n1c(C)cc(OCc2cnccc2F)c(Br)c1=O.